The van der Waals surface area contributed by atoms with Crippen LogP contribution >= 0.6 is 0 Å². The van der Waals surface area contributed by atoms with Gasteiger partial charge in [0.2, 0.25) is 0 Å². The van der Waals surface area contributed by atoms with Gasteiger partial charge in [-0.15, -0.1) is 0 Å². The number of phenolic OH excluding ortho intramolecular Hbond substituents is 1. The van der Waals surface area contributed by atoms with Crippen molar-refractivity contribution in [3.05, 3.63) is 75.1 Å². The van der Waals surface area contributed by atoms with Gasteiger partial charge in [0.1, 0.15) is 11.3 Å². The molecule has 0 radical (unpaired) electrons. The molecule has 0 fully saturated rings. The van der Waals surface area contributed by atoms with Crippen molar-refractivity contribution in [2.24, 2.45) is 0 Å². The molecule has 1 heterocycles. The topological polar surface area (TPSA) is 62.5 Å². The third-order valence-corrected chi connectivity index (χ3v) is 5.20. The maximum absolute atomic E-state index is 12.4. The van der Waals surface area contributed by atoms with E-state index in [-0.39, 0.29) is 11.4 Å². The standard InChI is InChI=1S/C22H23NO3/c24-20-11-10-17-16-8-4-5-9-18(16)22(25)26-21(17)19(20)14-23-13-12-15-6-2-1-3-7-15/h1-3,6-7,10-11,23-24H,4-5,8-9,12-14H2. The van der Waals surface area contributed by atoms with E-state index in [1.165, 1.54) is 5.56 Å². The van der Waals surface area contributed by atoms with E-state index in [9.17, 15) is 9.90 Å². The first-order chi connectivity index (χ1) is 12.7. The predicted molar refractivity (Wildman–Crippen MR) is 103 cm³/mol. The van der Waals surface area contributed by atoms with Gasteiger partial charge in [0.05, 0.1) is 5.56 Å². The summed E-state index contributed by atoms with van der Waals surface area (Å²) in [5, 5.41) is 14.6. The Hall–Kier alpha value is -2.59. The molecule has 0 aliphatic heterocycles. The van der Waals surface area contributed by atoms with E-state index in [1.807, 2.05) is 24.3 Å². The molecule has 0 unspecified atom stereocenters. The second-order valence-electron chi connectivity index (χ2n) is 6.91. The Kier molecular flexibility index (Phi) is 4.76. The van der Waals surface area contributed by atoms with Crippen molar-refractivity contribution in [2.45, 2.75) is 38.6 Å². The fourth-order valence-electron chi connectivity index (χ4n) is 3.82. The fraction of sp³-hybridized carbons (Fsp3) is 0.318. The van der Waals surface area contributed by atoms with E-state index >= 15 is 0 Å². The summed E-state index contributed by atoms with van der Waals surface area (Å²) in [5.41, 5.74) is 4.14. The molecule has 3 aromatic rings. The number of hydrogen-bond donors (Lipinski definition) is 2. The highest BCUT2D eigenvalue weighted by atomic mass is 16.4. The predicted octanol–water partition coefficient (Wildman–Crippen LogP) is 3.71. The summed E-state index contributed by atoms with van der Waals surface area (Å²) in [4.78, 5) is 12.4. The second-order valence-corrected chi connectivity index (χ2v) is 6.91. The molecule has 26 heavy (non-hydrogen) atoms. The normalized spacial score (nSPS) is 13.7. The van der Waals surface area contributed by atoms with Crippen molar-refractivity contribution in [3.63, 3.8) is 0 Å². The number of aromatic hydroxyl groups is 1. The van der Waals surface area contributed by atoms with Crippen LogP contribution in [0.5, 0.6) is 5.75 Å². The Labute approximate surface area is 152 Å². The smallest absolute Gasteiger partial charge is 0.339 e. The molecule has 1 aliphatic carbocycles. The molecule has 0 atom stereocenters. The first-order valence-electron chi connectivity index (χ1n) is 9.28. The monoisotopic (exact) mass is 349 g/mol. The summed E-state index contributed by atoms with van der Waals surface area (Å²) >= 11 is 0. The van der Waals surface area contributed by atoms with Crippen LogP contribution in [0.25, 0.3) is 11.0 Å². The Morgan fingerprint density at radius 3 is 2.58 bits per heavy atom. The van der Waals surface area contributed by atoms with Crippen LogP contribution in [0.15, 0.2) is 51.7 Å². The van der Waals surface area contributed by atoms with Gasteiger partial charge in [-0.25, -0.2) is 4.79 Å². The Balaban J connectivity index is 1.59. The average Bonchev–Trinajstić information content (AvgIpc) is 2.68. The summed E-state index contributed by atoms with van der Waals surface area (Å²) in [6.07, 6.45) is 4.74. The number of hydrogen-bond acceptors (Lipinski definition) is 4. The van der Waals surface area contributed by atoms with Crippen LogP contribution in [-0.4, -0.2) is 11.7 Å². The molecule has 0 saturated heterocycles. The molecule has 0 amide bonds. The molecule has 134 valence electrons. The van der Waals surface area contributed by atoms with Gasteiger partial charge >= 0.3 is 5.63 Å². The van der Waals surface area contributed by atoms with E-state index in [2.05, 4.69) is 17.4 Å². The molecule has 4 heteroatoms. The van der Waals surface area contributed by atoms with Crippen molar-refractivity contribution in [1.29, 1.82) is 0 Å². The van der Waals surface area contributed by atoms with Crippen LogP contribution in [0.4, 0.5) is 0 Å². The Morgan fingerprint density at radius 2 is 1.77 bits per heavy atom. The largest absolute Gasteiger partial charge is 0.507 e. The SMILES string of the molecule is O=c1oc2c(CNCCc3ccccc3)c(O)ccc2c2c1CCCC2. The highest BCUT2D eigenvalue weighted by Crippen LogP contribution is 2.32. The summed E-state index contributed by atoms with van der Waals surface area (Å²) in [6.45, 7) is 1.26. The molecule has 0 bridgehead atoms. The zero-order chi connectivity index (χ0) is 17.9. The van der Waals surface area contributed by atoms with Crippen LogP contribution in [0.3, 0.4) is 0 Å². The molecule has 2 N–H and O–H groups in total. The van der Waals surface area contributed by atoms with Crippen LogP contribution < -0.4 is 10.9 Å². The lowest BCUT2D eigenvalue weighted by atomic mass is 9.90. The quantitative estimate of drug-likeness (QED) is 0.544. The number of rotatable bonds is 5. The van der Waals surface area contributed by atoms with Crippen LogP contribution in [0, 0.1) is 0 Å². The molecule has 2 aromatic carbocycles. The van der Waals surface area contributed by atoms with Gasteiger partial charge in [0, 0.05) is 17.5 Å². The maximum Gasteiger partial charge on any atom is 0.339 e. The molecule has 0 saturated carbocycles. The minimum absolute atomic E-state index is 0.170. The number of phenols is 1. The number of aryl methyl sites for hydroxylation is 1. The van der Waals surface area contributed by atoms with Gasteiger partial charge in [-0.3, -0.25) is 0 Å². The molecule has 0 spiro atoms. The summed E-state index contributed by atoms with van der Waals surface area (Å²) in [6, 6.07) is 13.9. The van der Waals surface area contributed by atoms with Gasteiger partial charge in [-0.1, -0.05) is 30.3 Å². The minimum atomic E-state index is -0.247. The van der Waals surface area contributed by atoms with E-state index in [4.69, 9.17) is 4.42 Å². The van der Waals surface area contributed by atoms with E-state index in [0.29, 0.717) is 17.7 Å². The van der Waals surface area contributed by atoms with Gasteiger partial charge in [-0.2, -0.15) is 0 Å². The third-order valence-electron chi connectivity index (χ3n) is 5.20. The van der Waals surface area contributed by atoms with Crippen molar-refractivity contribution >= 4 is 11.0 Å². The van der Waals surface area contributed by atoms with Gasteiger partial charge in [0.25, 0.3) is 0 Å². The highest BCUT2D eigenvalue weighted by molar-refractivity contribution is 5.86. The first kappa shape index (κ1) is 16.9. The number of benzene rings is 2. The Bertz CT molecular complexity index is 976. The summed E-state index contributed by atoms with van der Waals surface area (Å²) < 4.78 is 5.63. The molecule has 4 rings (SSSR count). The average molecular weight is 349 g/mol. The van der Waals surface area contributed by atoms with Crippen molar-refractivity contribution in [1.82, 2.24) is 5.32 Å². The lowest BCUT2D eigenvalue weighted by Gasteiger charge is -2.18. The molecule has 4 nitrogen and oxygen atoms in total. The van der Waals surface area contributed by atoms with E-state index in [0.717, 1.165) is 55.2 Å². The molecule has 1 aromatic heterocycles. The van der Waals surface area contributed by atoms with E-state index < -0.39 is 0 Å². The summed E-state index contributed by atoms with van der Waals surface area (Å²) in [7, 11) is 0. The first-order valence-corrected chi connectivity index (χ1v) is 9.28. The van der Waals surface area contributed by atoms with Gasteiger partial charge in [0.15, 0.2) is 0 Å². The Morgan fingerprint density at radius 1 is 1.00 bits per heavy atom. The van der Waals surface area contributed by atoms with Crippen molar-refractivity contribution in [2.75, 3.05) is 6.54 Å². The highest BCUT2D eigenvalue weighted by Gasteiger charge is 2.20. The molecular formula is C22H23NO3. The summed E-state index contributed by atoms with van der Waals surface area (Å²) in [5.74, 6) is 0.170. The second kappa shape index (κ2) is 7.34. The zero-order valence-electron chi connectivity index (χ0n) is 14.8. The number of fused-ring (bicyclic) bond motifs is 3. The van der Waals surface area contributed by atoms with E-state index in [1.54, 1.807) is 6.07 Å². The fourth-order valence-corrected chi connectivity index (χ4v) is 3.82. The van der Waals surface area contributed by atoms with Gasteiger partial charge in [-0.05, 0) is 61.9 Å². The van der Waals surface area contributed by atoms with Gasteiger partial charge < -0.3 is 14.8 Å². The molecular weight excluding hydrogens is 326 g/mol. The molecule has 1 aliphatic rings. The lowest BCUT2D eigenvalue weighted by molar-refractivity contribution is 0.459. The maximum atomic E-state index is 12.4. The van der Waals surface area contributed by atoms with Crippen LogP contribution in [-0.2, 0) is 25.8 Å². The van der Waals surface area contributed by atoms with Crippen molar-refractivity contribution < 1.29 is 9.52 Å². The van der Waals surface area contributed by atoms with Crippen LogP contribution in [0.2, 0.25) is 0 Å². The lowest BCUT2D eigenvalue weighted by Crippen LogP contribution is -2.19. The number of nitrogens with one attached hydrogen (secondary N) is 1. The van der Waals surface area contributed by atoms with Crippen LogP contribution in [0.1, 0.15) is 35.1 Å². The minimum Gasteiger partial charge on any atom is -0.507 e. The van der Waals surface area contributed by atoms with Crippen molar-refractivity contribution in [3.8, 4) is 5.75 Å². The third kappa shape index (κ3) is 3.25. The zero-order valence-corrected chi connectivity index (χ0v) is 14.8.